The molecule has 3 rings (SSSR count). The Balaban J connectivity index is 1.65. The molecule has 0 aliphatic heterocycles. The van der Waals surface area contributed by atoms with E-state index in [1.165, 1.54) is 61.9 Å². The van der Waals surface area contributed by atoms with Gasteiger partial charge in [0.2, 0.25) is 5.82 Å². The molecule has 0 radical (unpaired) electrons. The Morgan fingerprint density at radius 3 is 2.14 bits per heavy atom. The largest absolute Gasteiger partial charge is 0.490 e. The Labute approximate surface area is 214 Å². The first-order chi connectivity index (χ1) is 17.5. The first-order valence-corrected chi connectivity index (χ1v) is 13.2. The fourth-order valence-electron chi connectivity index (χ4n) is 4.31. The normalized spacial score (nSPS) is 11.0. The molecule has 0 aromatic heterocycles. The van der Waals surface area contributed by atoms with Gasteiger partial charge in [-0.25, -0.2) is 8.78 Å². The van der Waals surface area contributed by atoms with E-state index in [0.29, 0.717) is 12.2 Å². The van der Waals surface area contributed by atoms with Crippen LogP contribution in [0.2, 0.25) is 0 Å². The van der Waals surface area contributed by atoms with Gasteiger partial charge in [-0.1, -0.05) is 75.1 Å². The standard InChI is InChI=1S/C32H37F3O/c1-3-5-7-9-11-13-24-14-16-25(17-15-24)26-18-19-27(29(33)23-26)28-20-21-30(32(35)31(28)34)36-22-12-10-8-6-4-2/h4,14-21,23H,2-3,5-13,22H2,1H3. The smallest absolute Gasteiger partial charge is 0.201 e. The van der Waals surface area contributed by atoms with E-state index in [9.17, 15) is 8.78 Å². The van der Waals surface area contributed by atoms with Crippen LogP contribution in [0.3, 0.4) is 0 Å². The number of benzene rings is 3. The summed E-state index contributed by atoms with van der Waals surface area (Å²) in [5, 5.41) is 0. The van der Waals surface area contributed by atoms with Crippen molar-refractivity contribution in [1.29, 1.82) is 0 Å². The highest BCUT2D eigenvalue weighted by Crippen LogP contribution is 2.33. The lowest BCUT2D eigenvalue weighted by Gasteiger charge is -2.12. The molecular weight excluding hydrogens is 457 g/mol. The van der Waals surface area contributed by atoms with E-state index >= 15 is 4.39 Å². The van der Waals surface area contributed by atoms with Crippen molar-refractivity contribution < 1.29 is 17.9 Å². The monoisotopic (exact) mass is 494 g/mol. The quantitative estimate of drug-likeness (QED) is 0.151. The van der Waals surface area contributed by atoms with E-state index < -0.39 is 17.5 Å². The van der Waals surface area contributed by atoms with Gasteiger partial charge in [-0.05, 0) is 73.4 Å². The van der Waals surface area contributed by atoms with Crippen molar-refractivity contribution in [2.45, 2.75) is 71.1 Å². The van der Waals surface area contributed by atoms with Crippen molar-refractivity contribution in [3.05, 3.63) is 90.3 Å². The number of unbranched alkanes of at least 4 members (excludes halogenated alkanes) is 7. The Kier molecular flexibility index (Phi) is 11.1. The van der Waals surface area contributed by atoms with Crippen LogP contribution in [0, 0.1) is 17.5 Å². The van der Waals surface area contributed by atoms with Crippen LogP contribution in [-0.2, 0) is 6.42 Å². The molecule has 0 spiro atoms. The summed E-state index contributed by atoms with van der Waals surface area (Å²) >= 11 is 0. The summed E-state index contributed by atoms with van der Waals surface area (Å²) in [7, 11) is 0. The summed E-state index contributed by atoms with van der Waals surface area (Å²) in [6.45, 7) is 6.19. The van der Waals surface area contributed by atoms with Crippen LogP contribution in [0.5, 0.6) is 5.75 Å². The summed E-state index contributed by atoms with van der Waals surface area (Å²) in [4.78, 5) is 0. The van der Waals surface area contributed by atoms with Crippen molar-refractivity contribution in [2.75, 3.05) is 6.61 Å². The summed E-state index contributed by atoms with van der Waals surface area (Å²) in [6.07, 6.45) is 12.7. The molecule has 0 saturated carbocycles. The van der Waals surface area contributed by atoms with Crippen LogP contribution in [0.4, 0.5) is 13.2 Å². The van der Waals surface area contributed by atoms with Crippen LogP contribution in [0.1, 0.15) is 70.3 Å². The van der Waals surface area contributed by atoms with Crippen LogP contribution < -0.4 is 4.74 Å². The zero-order valence-electron chi connectivity index (χ0n) is 21.3. The van der Waals surface area contributed by atoms with Crippen LogP contribution >= 0.6 is 0 Å². The van der Waals surface area contributed by atoms with Gasteiger partial charge >= 0.3 is 0 Å². The minimum atomic E-state index is -1.10. The molecule has 0 atom stereocenters. The molecule has 3 aromatic carbocycles. The molecular formula is C32H37F3O. The van der Waals surface area contributed by atoms with E-state index in [4.69, 9.17) is 4.74 Å². The van der Waals surface area contributed by atoms with Gasteiger partial charge in [-0.3, -0.25) is 0 Å². The molecule has 36 heavy (non-hydrogen) atoms. The summed E-state index contributed by atoms with van der Waals surface area (Å²) in [5.74, 6) is -2.94. The first kappa shape index (κ1) is 27.6. The lowest BCUT2D eigenvalue weighted by atomic mass is 9.97. The van der Waals surface area contributed by atoms with Gasteiger partial charge in [0.25, 0.3) is 0 Å². The molecule has 0 aliphatic rings. The number of hydrogen-bond donors (Lipinski definition) is 0. The Bertz CT molecular complexity index is 1110. The molecule has 0 heterocycles. The minimum absolute atomic E-state index is 0.0230. The summed E-state index contributed by atoms with van der Waals surface area (Å²) in [6, 6.07) is 15.5. The molecule has 0 aliphatic carbocycles. The highest BCUT2D eigenvalue weighted by atomic mass is 19.2. The van der Waals surface area contributed by atoms with Crippen LogP contribution in [-0.4, -0.2) is 6.61 Å². The Morgan fingerprint density at radius 2 is 1.42 bits per heavy atom. The summed E-state index contributed by atoms with van der Waals surface area (Å²) < 4.78 is 49.8. The number of allylic oxidation sites excluding steroid dienone is 1. The highest BCUT2D eigenvalue weighted by Gasteiger charge is 2.18. The second kappa shape index (κ2) is 14.5. The average molecular weight is 495 g/mol. The average Bonchev–Trinajstić information content (AvgIpc) is 2.89. The molecule has 4 heteroatoms. The van der Waals surface area contributed by atoms with E-state index in [-0.39, 0.29) is 16.9 Å². The second-order valence-electron chi connectivity index (χ2n) is 9.28. The van der Waals surface area contributed by atoms with Crippen LogP contribution in [0.25, 0.3) is 22.3 Å². The number of ether oxygens (including phenoxy) is 1. The fourth-order valence-corrected chi connectivity index (χ4v) is 4.31. The third-order valence-corrected chi connectivity index (χ3v) is 6.47. The van der Waals surface area contributed by atoms with Gasteiger partial charge in [0, 0.05) is 11.1 Å². The first-order valence-electron chi connectivity index (χ1n) is 13.2. The predicted molar refractivity (Wildman–Crippen MR) is 144 cm³/mol. The van der Waals surface area contributed by atoms with Gasteiger partial charge in [0.1, 0.15) is 5.82 Å². The minimum Gasteiger partial charge on any atom is -0.490 e. The maximum atomic E-state index is 15.0. The van der Waals surface area contributed by atoms with Crippen molar-refractivity contribution in [1.82, 2.24) is 0 Å². The van der Waals surface area contributed by atoms with Crippen molar-refractivity contribution in [3.8, 4) is 28.0 Å². The van der Waals surface area contributed by atoms with Crippen molar-refractivity contribution >= 4 is 0 Å². The highest BCUT2D eigenvalue weighted by molar-refractivity contribution is 5.72. The van der Waals surface area contributed by atoms with Gasteiger partial charge in [0.15, 0.2) is 11.6 Å². The maximum Gasteiger partial charge on any atom is 0.201 e. The third-order valence-electron chi connectivity index (χ3n) is 6.47. The number of hydrogen-bond acceptors (Lipinski definition) is 1. The van der Waals surface area contributed by atoms with Crippen LogP contribution in [0.15, 0.2) is 67.3 Å². The van der Waals surface area contributed by atoms with E-state index in [2.05, 4.69) is 25.6 Å². The fraction of sp³-hybridized carbons (Fsp3) is 0.375. The van der Waals surface area contributed by atoms with Gasteiger partial charge in [-0.2, -0.15) is 4.39 Å². The number of halogens is 3. The van der Waals surface area contributed by atoms with Gasteiger partial charge in [-0.15, -0.1) is 6.58 Å². The molecule has 0 N–H and O–H groups in total. The molecule has 0 saturated heterocycles. The Hall–Kier alpha value is -3.01. The predicted octanol–water partition coefficient (Wildman–Crippen LogP) is 10.1. The lowest BCUT2D eigenvalue weighted by Crippen LogP contribution is -2.02. The Morgan fingerprint density at radius 1 is 0.722 bits per heavy atom. The zero-order valence-corrected chi connectivity index (χ0v) is 21.3. The second-order valence-corrected chi connectivity index (χ2v) is 9.28. The molecule has 0 bridgehead atoms. The SMILES string of the molecule is C=CCCCCCOc1ccc(-c2ccc(-c3ccc(CCCCCCC)cc3)cc2F)c(F)c1F. The van der Waals surface area contributed by atoms with Crippen molar-refractivity contribution in [3.63, 3.8) is 0 Å². The maximum absolute atomic E-state index is 15.0. The molecule has 0 fully saturated rings. The molecule has 3 aromatic rings. The third kappa shape index (κ3) is 7.74. The molecule has 0 unspecified atom stereocenters. The van der Waals surface area contributed by atoms with Gasteiger partial charge in [0.05, 0.1) is 6.61 Å². The molecule has 1 nitrogen and oxygen atoms in total. The zero-order chi connectivity index (χ0) is 25.8. The lowest BCUT2D eigenvalue weighted by molar-refractivity contribution is 0.286. The van der Waals surface area contributed by atoms with E-state index in [1.54, 1.807) is 6.07 Å². The number of rotatable bonds is 15. The van der Waals surface area contributed by atoms with Crippen molar-refractivity contribution in [2.24, 2.45) is 0 Å². The van der Waals surface area contributed by atoms with E-state index in [0.717, 1.165) is 37.7 Å². The molecule has 0 amide bonds. The topological polar surface area (TPSA) is 9.23 Å². The molecule has 192 valence electrons. The number of aryl methyl sites for hydroxylation is 1. The van der Waals surface area contributed by atoms with Gasteiger partial charge < -0.3 is 4.74 Å². The van der Waals surface area contributed by atoms with E-state index in [1.807, 2.05) is 18.2 Å². The summed E-state index contributed by atoms with van der Waals surface area (Å²) in [5.41, 5.74) is 2.76.